The van der Waals surface area contributed by atoms with Crippen LogP contribution in [-0.4, -0.2) is 89.2 Å². The van der Waals surface area contributed by atoms with Crippen LogP contribution in [0.25, 0.3) is 0 Å². The van der Waals surface area contributed by atoms with Gasteiger partial charge in [-0.2, -0.15) is 0 Å². The number of aliphatic hydroxyl groups is 1. The number of halogens is 2. The van der Waals surface area contributed by atoms with Gasteiger partial charge < -0.3 is 20.1 Å². The molecule has 0 radical (unpaired) electrons. The number of ether oxygens (including phenoxy) is 1. The Morgan fingerprint density at radius 3 is 2.76 bits per heavy atom. The number of aliphatic hydroxyl groups excluding tert-OH is 1. The lowest BCUT2D eigenvalue weighted by atomic mass is 10.2. The van der Waals surface area contributed by atoms with E-state index < -0.39 is 29.9 Å². The molecule has 3 heterocycles. The van der Waals surface area contributed by atoms with Gasteiger partial charge in [-0.25, -0.2) is 28.5 Å². The number of amides is 3. The summed E-state index contributed by atoms with van der Waals surface area (Å²) in [6, 6.07) is 1.76. The number of anilines is 2. The molecule has 0 aliphatic carbocycles. The normalized spacial score (nSPS) is 18.9. The Bertz CT molecular complexity index is 969. The van der Waals surface area contributed by atoms with E-state index in [9.17, 15) is 9.59 Å². The third kappa shape index (κ3) is 5.12. The van der Waals surface area contributed by atoms with E-state index in [2.05, 4.69) is 21.1 Å². The third-order valence-electron chi connectivity index (χ3n) is 5.28. The summed E-state index contributed by atoms with van der Waals surface area (Å²) in [5.41, 5.74) is 2.71. The van der Waals surface area contributed by atoms with Crippen molar-refractivity contribution < 1.29 is 28.2 Å². The Morgan fingerprint density at radius 2 is 2.06 bits per heavy atom. The Labute approximate surface area is 187 Å². The molecule has 0 spiro atoms. The fourth-order valence-electron chi connectivity index (χ4n) is 3.76. The first-order valence-corrected chi connectivity index (χ1v) is 10.4. The molecule has 2 fully saturated rings. The number of rotatable bonds is 6. The maximum absolute atomic E-state index is 15.0. The molecule has 1 aromatic heterocycles. The number of aromatic nitrogens is 3. The minimum atomic E-state index is -0.823. The lowest BCUT2D eigenvalue weighted by Crippen LogP contribution is -2.49. The first-order valence-electron chi connectivity index (χ1n) is 10.4. The number of hydrazine groups is 1. The summed E-state index contributed by atoms with van der Waals surface area (Å²) >= 11 is 0. The molecule has 1 atom stereocenters. The number of benzene rings is 1. The maximum atomic E-state index is 15.0. The predicted molar refractivity (Wildman–Crippen MR) is 111 cm³/mol. The largest absolute Gasteiger partial charge is 0.442 e. The number of carbonyl (C=O) groups is 2. The van der Waals surface area contributed by atoms with Gasteiger partial charge in [-0.05, 0) is 0 Å². The van der Waals surface area contributed by atoms with Crippen LogP contribution >= 0.6 is 0 Å². The number of urea groups is 1. The number of cyclic esters (lactones) is 1. The van der Waals surface area contributed by atoms with E-state index in [1.165, 1.54) is 25.7 Å². The van der Waals surface area contributed by atoms with Gasteiger partial charge in [0.15, 0.2) is 11.6 Å². The summed E-state index contributed by atoms with van der Waals surface area (Å²) in [7, 11) is 0. The fourth-order valence-corrected chi connectivity index (χ4v) is 3.76. The van der Waals surface area contributed by atoms with Crippen molar-refractivity contribution in [2.24, 2.45) is 0 Å². The van der Waals surface area contributed by atoms with Crippen LogP contribution in [0.15, 0.2) is 24.5 Å². The van der Waals surface area contributed by atoms with Crippen molar-refractivity contribution in [3.8, 4) is 0 Å². The molecule has 14 heteroatoms. The van der Waals surface area contributed by atoms with Crippen molar-refractivity contribution >= 4 is 23.5 Å². The second-order valence-corrected chi connectivity index (χ2v) is 7.50. The highest BCUT2D eigenvalue weighted by Crippen LogP contribution is 2.31. The van der Waals surface area contributed by atoms with E-state index in [1.54, 1.807) is 6.20 Å². The molecule has 2 aromatic rings. The first-order chi connectivity index (χ1) is 16.0. The van der Waals surface area contributed by atoms with E-state index in [0.29, 0.717) is 0 Å². The summed E-state index contributed by atoms with van der Waals surface area (Å²) in [5, 5.41) is 20.2. The number of hydrogen-bond acceptors (Lipinski definition) is 8. The zero-order chi connectivity index (χ0) is 23.4. The number of nitrogens with zero attached hydrogens (tertiary/aromatic N) is 6. The molecule has 2 aliphatic heterocycles. The monoisotopic (exact) mass is 466 g/mol. The second kappa shape index (κ2) is 9.95. The third-order valence-corrected chi connectivity index (χ3v) is 5.28. The Kier molecular flexibility index (Phi) is 6.84. The summed E-state index contributed by atoms with van der Waals surface area (Å²) in [6.45, 7) is 1.16. The average Bonchev–Trinajstić information content (AvgIpc) is 3.35. The first kappa shape index (κ1) is 22.7. The standard InChI is InChI=1S/C19H24F2N8O4/c20-15-9-13(28-12-14(33-19(28)32)11-27-5-1-23-25-27)10-16(21)17(15)26-4-2-24-29(7-6-26)18(31)22-3-8-30/h1,5,9-10,14,24,30H,2-4,6-8,11-12H2,(H,22,31)/t14-/m0/s1. The lowest BCUT2D eigenvalue weighted by molar-refractivity contribution is 0.129. The molecule has 12 nitrogen and oxygen atoms in total. The number of carbonyl (C=O) groups excluding carboxylic acids is 2. The molecule has 33 heavy (non-hydrogen) atoms. The zero-order valence-electron chi connectivity index (χ0n) is 17.7. The van der Waals surface area contributed by atoms with E-state index in [4.69, 9.17) is 9.84 Å². The van der Waals surface area contributed by atoms with Gasteiger partial charge in [-0.1, -0.05) is 5.21 Å². The number of nitrogens with one attached hydrogen (secondary N) is 2. The molecular formula is C19H24F2N8O4. The highest BCUT2D eigenvalue weighted by atomic mass is 19.1. The molecule has 2 aliphatic rings. The van der Waals surface area contributed by atoms with Gasteiger partial charge in [0.2, 0.25) is 0 Å². The van der Waals surface area contributed by atoms with E-state index in [1.807, 2.05) is 0 Å². The summed E-state index contributed by atoms with van der Waals surface area (Å²) in [6.07, 6.45) is 1.88. The smallest absolute Gasteiger partial charge is 0.414 e. The average molecular weight is 466 g/mol. The van der Waals surface area contributed by atoms with Crippen LogP contribution in [0.5, 0.6) is 0 Å². The van der Waals surface area contributed by atoms with Crippen LogP contribution in [0, 0.1) is 11.6 Å². The Balaban J connectivity index is 1.44. The van der Waals surface area contributed by atoms with Crippen molar-refractivity contribution in [2.45, 2.75) is 12.6 Å². The van der Waals surface area contributed by atoms with E-state index >= 15 is 8.78 Å². The molecule has 4 rings (SSSR count). The van der Waals surface area contributed by atoms with E-state index in [0.717, 1.165) is 12.1 Å². The van der Waals surface area contributed by atoms with Crippen LogP contribution in [-0.2, 0) is 11.3 Å². The van der Waals surface area contributed by atoms with Crippen molar-refractivity contribution in [2.75, 3.05) is 55.7 Å². The highest BCUT2D eigenvalue weighted by molar-refractivity contribution is 5.90. The maximum Gasteiger partial charge on any atom is 0.414 e. The van der Waals surface area contributed by atoms with Gasteiger partial charge in [-0.15, -0.1) is 5.10 Å². The van der Waals surface area contributed by atoms with Crippen molar-refractivity contribution in [3.63, 3.8) is 0 Å². The van der Waals surface area contributed by atoms with Gasteiger partial charge in [0.1, 0.15) is 11.8 Å². The van der Waals surface area contributed by atoms with Crippen molar-refractivity contribution in [1.29, 1.82) is 0 Å². The quantitative estimate of drug-likeness (QED) is 0.539. The minimum Gasteiger partial charge on any atom is -0.442 e. The fraction of sp³-hybridized carbons (Fsp3) is 0.474. The minimum absolute atomic E-state index is 0.0535. The summed E-state index contributed by atoms with van der Waals surface area (Å²) < 4.78 is 36.8. The Morgan fingerprint density at radius 1 is 1.27 bits per heavy atom. The van der Waals surface area contributed by atoms with Gasteiger partial charge in [0, 0.05) is 44.5 Å². The highest BCUT2D eigenvalue weighted by Gasteiger charge is 2.34. The molecule has 1 aromatic carbocycles. The van der Waals surface area contributed by atoms with E-state index in [-0.39, 0.29) is 63.8 Å². The molecule has 178 valence electrons. The van der Waals surface area contributed by atoms with Crippen LogP contribution in [0.1, 0.15) is 0 Å². The van der Waals surface area contributed by atoms with Gasteiger partial charge >= 0.3 is 12.1 Å². The molecule has 0 saturated carbocycles. The van der Waals surface area contributed by atoms with Crippen LogP contribution in [0.2, 0.25) is 0 Å². The summed E-state index contributed by atoms with van der Waals surface area (Å²) in [4.78, 5) is 27.0. The molecular weight excluding hydrogens is 442 g/mol. The number of hydrogen-bond donors (Lipinski definition) is 3. The molecule has 3 N–H and O–H groups in total. The van der Waals surface area contributed by atoms with Crippen LogP contribution in [0.4, 0.5) is 29.7 Å². The van der Waals surface area contributed by atoms with Crippen molar-refractivity contribution in [1.82, 2.24) is 30.7 Å². The molecule has 0 unspecified atom stereocenters. The SMILES string of the molecule is O=C(NCCO)N1CCN(c2c(F)cc(N3C[C@H](Cn4ccnn4)OC3=O)cc2F)CCN1. The summed E-state index contributed by atoms with van der Waals surface area (Å²) in [5.74, 6) is -1.65. The van der Waals surface area contributed by atoms with Crippen LogP contribution in [0.3, 0.4) is 0 Å². The zero-order valence-corrected chi connectivity index (χ0v) is 17.7. The Hall–Kier alpha value is -3.52. The van der Waals surface area contributed by atoms with Crippen molar-refractivity contribution in [3.05, 3.63) is 36.2 Å². The van der Waals surface area contributed by atoms with Crippen LogP contribution < -0.4 is 20.5 Å². The topological polar surface area (TPSA) is 128 Å². The van der Waals surface area contributed by atoms with Gasteiger partial charge in [0.25, 0.3) is 0 Å². The van der Waals surface area contributed by atoms with Gasteiger partial charge in [-0.3, -0.25) is 9.91 Å². The lowest BCUT2D eigenvalue weighted by Gasteiger charge is -2.25. The molecule has 3 amide bonds. The molecule has 2 saturated heterocycles. The predicted octanol–water partition coefficient (Wildman–Crippen LogP) is -0.0898. The van der Waals surface area contributed by atoms with Gasteiger partial charge in [0.05, 0.1) is 38.1 Å². The second-order valence-electron chi connectivity index (χ2n) is 7.50. The molecule has 0 bridgehead atoms.